The third-order valence-electron chi connectivity index (χ3n) is 4.82. The van der Waals surface area contributed by atoms with Crippen molar-refractivity contribution in [2.45, 2.75) is 46.1 Å². The van der Waals surface area contributed by atoms with E-state index in [0.717, 1.165) is 23.7 Å². The zero-order chi connectivity index (χ0) is 18.6. The van der Waals surface area contributed by atoms with E-state index in [4.69, 9.17) is 4.74 Å². The summed E-state index contributed by atoms with van der Waals surface area (Å²) < 4.78 is 5.89. The highest BCUT2D eigenvalue weighted by molar-refractivity contribution is 5.40. The van der Waals surface area contributed by atoms with Crippen LogP contribution in [0.1, 0.15) is 49.0 Å². The highest BCUT2D eigenvalue weighted by Crippen LogP contribution is 2.32. The molecule has 134 valence electrons. The summed E-state index contributed by atoms with van der Waals surface area (Å²) in [5.41, 5.74) is 4.72. The van der Waals surface area contributed by atoms with Crippen molar-refractivity contribution in [2.75, 3.05) is 0 Å². The van der Waals surface area contributed by atoms with E-state index in [1.807, 2.05) is 18.2 Å². The first-order valence-corrected chi connectivity index (χ1v) is 9.10. The first-order valence-electron chi connectivity index (χ1n) is 9.10. The molecule has 3 nitrogen and oxygen atoms in total. The van der Waals surface area contributed by atoms with Crippen LogP contribution in [0.2, 0.25) is 0 Å². The first-order chi connectivity index (χ1) is 12.5. The minimum Gasteiger partial charge on any atom is -0.487 e. The summed E-state index contributed by atoms with van der Waals surface area (Å²) in [4.78, 5) is 8.69. The van der Waals surface area contributed by atoms with Gasteiger partial charge in [-0.2, -0.15) is 0 Å². The van der Waals surface area contributed by atoms with Gasteiger partial charge in [0.25, 0.3) is 0 Å². The maximum absolute atomic E-state index is 5.89. The maximum Gasteiger partial charge on any atom is 0.130 e. The van der Waals surface area contributed by atoms with Crippen LogP contribution in [0.3, 0.4) is 0 Å². The molecule has 0 radical (unpaired) electrons. The van der Waals surface area contributed by atoms with Gasteiger partial charge < -0.3 is 4.74 Å². The Morgan fingerprint density at radius 3 is 2.12 bits per heavy atom. The van der Waals surface area contributed by atoms with Crippen molar-refractivity contribution < 1.29 is 4.74 Å². The largest absolute Gasteiger partial charge is 0.487 e. The Balaban J connectivity index is 1.70. The monoisotopic (exact) mass is 346 g/mol. The smallest absolute Gasteiger partial charge is 0.130 e. The maximum atomic E-state index is 5.89. The number of hydrogen-bond acceptors (Lipinski definition) is 3. The van der Waals surface area contributed by atoms with Crippen LogP contribution in [0.5, 0.6) is 5.75 Å². The lowest BCUT2D eigenvalue weighted by Gasteiger charge is -2.26. The van der Waals surface area contributed by atoms with E-state index in [-0.39, 0.29) is 5.41 Å². The fourth-order valence-electron chi connectivity index (χ4n) is 2.95. The molecule has 0 aliphatic carbocycles. The fraction of sp³-hybridized carbons (Fsp3) is 0.304. The van der Waals surface area contributed by atoms with Crippen molar-refractivity contribution >= 4 is 0 Å². The lowest BCUT2D eigenvalue weighted by molar-refractivity contribution is 0.300. The van der Waals surface area contributed by atoms with Gasteiger partial charge in [0.2, 0.25) is 0 Å². The Labute approximate surface area is 156 Å². The van der Waals surface area contributed by atoms with Gasteiger partial charge in [-0.15, -0.1) is 0 Å². The molecule has 0 saturated heterocycles. The summed E-state index contributed by atoms with van der Waals surface area (Å²) in [6.07, 6.45) is 2.62. The average Bonchev–Trinajstić information content (AvgIpc) is 2.67. The summed E-state index contributed by atoms with van der Waals surface area (Å²) in [5.74, 6) is 1.70. The third kappa shape index (κ3) is 4.10. The summed E-state index contributed by atoms with van der Waals surface area (Å²) in [6, 6.07) is 19.0. The Hall–Kier alpha value is -2.68. The normalized spacial score (nSPS) is 11.4. The Morgan fingerprint density at radius 2 is 1.50 bits per heavy atom. The molecule has 1 aromatic heterocycles. The second-order valence-electron chi connectivity index (χ2n) is 7.12. The summed E-state index contributed by atoms with van der Waals surface area (Å²) in [5, 5.41) is 0. The van der Waals surface area contributed by atoms with Gasteiger partial charge in [0.15, 0.2) is 0 Å². The molecule has 0 saturated carbocycles. The molecule has 0 amide bonds. The van der Waals surface area contributed by atoms with Crippen molar-refractivity contribution in [1.82, 2.24) is 9.97 Å². The predicted octanol–water partition coefficient (Wildman–Crippen LogP) is 5.25. The van der Waals surface area contributed by atoms with Gasteiger partial charge in [-0.25, -0.2) is 9.97 Å². The lowest BCUT2D eigenvalue weighted by Crippen LogP contribution is -2.18. The molecule has 2 aromatic carbocycles. The molecular weight excluding hydrogens is 320 g/mol. The Morgan fingerprint density at radius 1 is 0.885 bits per heavy atom. The molecule has 26 heavy (non-hydrogen) atoms. The van der Waals surface area contributed by atoms with Crippen molar-refractivity contribution in [3.8, 4) is 5.75 Å². The molecule has 3 heteroatoms. The standard InChI is InChI=1S/C23H26N2O/c1-5-22-24-15-14-20(25-22)16-26-21-12-10-19(11-13-21)23(3,4)18-8-6-17(2)7-9-18/h6-15H,5,16H2,1-4H3. The molecule has 0 aliphatic rings. The van der Waals surface area contributed by atoms with Gasteiger partial charge in [0, 0.05) is 18.0 Å². The minimum atomic E-state index is -0.0467. The van der Waals surface area contributed by atoms with Crippen LogP contribution in [0.15, 0.2) is 60.8 Å². The molecule has 0 fully saturated rings. The Bertz CT molecular complexity index is 852. The second-order valence-corrected chi connectivity index (χ2v) is 7.12. The van der Waals surface area contributed by atoms with Crippen LogP contribution in [-0.2, 0) is 18.4 Å². The zero-order valence-corrected chi connectivity index (χ0v) is 16.0. The van der Waals surface area contributed by atoms with Crippen LogP contribution in [-0.4, -0.2) is 9.97 Å². The van der Waals surface area contributed by atoms with Crippen LogP contribution >= 0.6 is 0 Å². The van der Waals surface area contributed by atoms with Gasteiger partial charge in [-0.05, 0) is 36.2 Å². The van der Waals surface area contributed by atoms with Gasteiger partial charge in [0.05, 0.1) is 5.69 Å². The summed E-state index contributed by atoms with van der Waals surface area (Å²) in [6.45, 7) is 9.12. The highest BCUT2D eigenvalue weighted by atomic mass is 16.5. The molecule has 0 unspecified atom stereocenters. The summed E-state index contributed by atoms with van der Waals surface area (Å²) in [7, 11) is 0. The van der Waals surface area contributed by atoms with Gasteiger partial charge in [-0.1, -0.05) is 62.7 Å². The molecular formula is C23H26N2O. The Kier molecular flexibility index (Phi) is 5.36. The van der Waals surface area contributed by atoms with Crippen molar-refractivity contribution in [3.63, 3.8) is 0 Å². The van der Waals surface area contributed by atoms with Gasteiger partial charge in [-0.3, -0.25) is 0 Å². The van der Waals surface area contributed by atoms with Crippen molar-refractivity contribution in [1.29, 1.82) is 0 Å². The molecule has 3 aromatic rings. The number of benzene rings is 2. The molecule has 1 heterocycles. The average molecular weight is 346 g/mol. The van der Waals surface area contributed by atoms with Crippen LogP contribution < -0.4 is 4.74 Å². The molecule has 3 rings (SSSR count). The van der Waals surface area contributed by atoms with E-state index in [1.165, 1.54) is 16.7 Å². The predicted molar refractivity (Wildman–Crippen MR) is 105 cm³/mol. The number of aryl methyl sites for hydroxylation is 2. The quantitative estimate of drug-likeness (QED) is 0.611. The highest BCUT2D eigenvalue weighted by Gasteiger charge is 2.22. The van der Waals surface area contributed by atoms with Gasteiger partial charge >= 0.3 is 0 Å². The number of aromatic nitrogens is 2. The number of ether oxygens (including phenoxy) is 1. The summed E-state index contributed by atoms with van der Waals surface area (Å²) >= 11 is 0. The zero-order valence-electron chi connectivity index (χ0n) is 16.0. The van der Waals surface area contributed by atoms with E-state index in [2.05, 4.69) is 74.1 Å². The van der Waals surface area contributed by atoms with Crippen LogP contribution in [0.25, 0.3) is 0 Å². The topological polar surface area (TPSA) is 35.0 Å². The van der Waals surface area contributed by atoms with E-state index >= 15 is 0 Å². The van der Waals surface area contributed by atoms with E-state index in [0.29, 0.717) is 6.61 Å². The SMILES string of the molecule is CCc1nccc(COc2ccc(C(C)(C)c3ccc(C)cc3)cc2)n1. The van der Waals surface area contributed by atoms with E-state index in [1.54, 1.807) is 6.20 Å². The molecule has 0 spiro atoms. The molecule has 0 bridgehead atoms. The molecule has 0 N–H and O–H groups in total. The molecule has 0 atom stereocenters. The number of rotatable bonds is 6. The van der Waals surface area contributed by atoms with Crippen molar-refractivity contribution in [3.05, 3.63) is 89.0 Å². The van der Waals surface area contributed by atoms with Crippen molar-refractivity contribution in [2.24, 2.45) is 0 Å². The number of nitrogens with zero attached hydrogens (tertiary/aromatic N) is 2. The van der Waals surface area contributed by atoms with Crippen LogP contribution in [0.4, 0.5) is 0 Å². The third-order valence-corrected chi connectivity index (χ3v) is 4.82. The van der Waals surface area contributed by atoms with Crippen LogP contribution in [0, 0.1) is 6.92 Å². The minimum absolute atomic E-state index is 0.0467. The first kappa shape index (κ1) is 18.1. The fourth-order valence-corrected chi connectivity index (χ4v) is 2.95. The molecule has 0 aliphatic heterocycles. The lowest BCUT2D eigenvalue weighted by atomic mass is 9.78. The number of hydrogen-bond donors (Lipinski definition) is 0. The van der Waals surface area contributed by atoms with E-state index < -0.39 is 0 Å². The van der Waals surface area contributed by atoms with E-state index in [9.17, 15) is 0 Å². The van der Waals surface area contributed by atoms with Gasteiger partial charge in [0.1, 0.15) is 18.2 Å². The second kappa shape index (κ2) is 7.69.